The van der Waals surface area contributed by atoms with E-state index < -0.39 is 0 Å². The first kappa shape index (κ1) is 13.8. The van der Waals surface area contributed by atoms with Crippen molar-refractivity contribution in [2.45, 2.75) is 13.0 Å². The van der Waals surface area contributed by atoms with Gasteiger partial charge in [0.25, 0.3) is 5.91 Å². The molecule has 0 aliphatic heterocycles. The fourth-order valence-corrected chi connectivity index (χ4v) is 1.80. The number of carbonyl (C=O) groups is 1. The molecule has 20 heavy (non-hydrogen) atoms. The summed E-state index contributed by atoms with van der Waals surface area (Å²) in [5.41, 5.74) is 0.607. The molecule has 104 valence electrons. The number of carbonyl (C=O) groups excluding carboxylic acids is 1. The number of nitrogens with zero attached hydrogens (tertiary/aromatic N) is 3. The van der Waals surface area contributed by atoms with Gasteiger partial charge >= 0.3 is 0 Å². The van der Waals surface area contributed by atoms with E-state index in [1.54, 1.807) is 36.8 Å². The Morgan fingerprint density at radius 2 is 2.15 bits per heavy atom. The molecule has 6 heteroatoms. The fraction of sp³-hybridized carbons (Fsp3) is 0.214. The second kappa shape index (κ2) is 7.08. The molecule has 0 bridgehead atoms. The zero-order valence-corrected chi connectivity index (χ0v) is 10.9. The third-order valence-electron chi connectivity index (χ3n) is 2.80. The van der Waals surface area contributed by atoms with Crippen LogP contribution in [0.2, 0.25) is 0 Å². The SMILES string of the molecule is O=C(NCCCn1ccnc1)/C(=N\O)c1ccccc1. The van der Waals surface area contributed by atoms with E-state index in [0.29, 0.717) is 12.1 Å². The van der Waals surface area contributed by atoms with E-state index in [-0.39, 0.29) is 11.6 Å². The summed E-state index contributed by atoms with van der Waals surface area (Å²) in [5.74, 6) is -0.385. The van der Waals surface area contributed by atoms with E-state index in [2.05, 4.69) is 15.5 Å². The minimum absolute atomic E-state index is 0.0215. The molecule has 0 spiro atoms. The number of oxime groups is 1. The van der Waals surface area contributed by atoms with Crippen LogP contribution < -0.4 is 5.32 Å². The lowest BCUT2D eigenvalue weighted by Gasteiger charge is -2.07. The molecule has 0 saturated heterocycles. The van der Waals surface area contributed by atoms with Crippen LogP contribution >= 0.6 is 0 Å². The van der Waals surface area contributed by atoms with Gasteiger partial charge in [0, 0.05) is 31.0 Å². The second-order valence-electron chi connectivity index (χ2n) is 4.22. The molecule has 0 radical (unpaired) electrons. The van der Waals surface area contributed by atoms with Gasteiger partial charge in [-0.05, 0) is 6.42 Å². The van der Waals surface area contributed by atoms with E-state index in [9.17, 15) is 4.79 Å². The Morgan fingerprint density at radius 3 is 2.80 bits per heavy atom. The third-order valence-corrected chi connectivity index (χ3v) is 2.80. The van der Waals surface area contributed by atoms with E-state index in [4.69, 9.17) is 5.21 Å². The maximum absolute atomic E-state index is 11.9. The maximum Gasteiger partial charge on any atom is 0.273 e. The highest BCUT2D eigenvalue weighted by molar-refractivity contribution is 6.45. The summed E-state index contributed by atoms with van der Waals surface area (Å²) in [5, 5.41) is 14.8. The molecular formula is C14H16N4O2. The Hall–Kier alpha value is -2.63. The van der Waals surface area contributed by atoms with Crippen LogP contribution in [0.4, 0.5) is 0 Å². The van der Waals surface area contributed by atoms with Gasteiger partial charge in [0.05, 0.1) is 6.33 Å². The number of amides is 1. The van der Waals surface area contributed by atoms with Gasteiger partial charge < -0.3 is 15.1 Å². The number of nitrogens with one attached hydrogen (secondary N) is 1. The van der Waals surface area contributed by atoms with Gasteiger partial charge in [0.2, 0.25) is 0 Å². The van der Waals surface area contributed by atoms with Crippen LogP contribution in [0.3, 0.4) is 0 Å². The number of rotatable bonds is 6. The zero-order chi connectivity index (χ0) is 14.2. The first-order chi connectivity index (χ1) is 9.81. The summed E-state index contributed by atoms with van der Waals surface area (Å²) in [4.78, 5) is 15.9. The number of aryl methyl sites for hydroxylation is 1. The molecule has 0 saturated carbocycles. The Balaban J connectivity index is 1.82. The first-order valence-corrected chi connectivity index (χ1v) is 6.32. The Bertz CT molecular complexity index is 564. The van der Waals surface area contributed by atoms with Crippen molar-refractivity contribution in [3.8, 4) is 0 Å². The van der Waals surface area contributed by atoms with Crippen molar-refractivity contribution in [1.82, 2.24) is 14.9 Å². The highest BCUT2D eigenvalue weighted by Gasteiger charge is 2.13. The fourth-order valence-electron chi connectivity index (χ4n) is 1.80. The van der Waals surface area contributed by atoms with Crippen molar-refractivity contribution < 1.29 is 10.0 Å². The molecular weight excluding hydrogens is 256 g/mol. The third kappa shape index (κ3) is 3.68. The standard InChI is InChI=1S/C14H16N4O2/c19-14(13(17-20)12-5-2-1-3-6-12)16-7-4-9-18-10-8-15-11-18/h1-3,5-6,8,10-11,20H,4,7,9H2,(H,16,19)/b17-13-. The van der Waals surface area contributed by atoms with Crippen LogP contribution in [0.5, 0.6) is 0 Å². The molecule has 1 aromatic carbocycles. The van der Waals surface area contributed by atoms with Crippen molar-refractivity contribution in [3.05, 3.63) is 54.6 Å². The Morgan fingerprint density at radius 1 is 1.35 bits per heavy atom. The van der Waals surface area contributed by atoms with Crippen molar-refractivity contribution >= 4 is 11.6 Å². The topological polar surface area (TPSA) is 79.5 Å². The summed E-state index contributed by atoms with van der Waals surface area (Å²) < 4.78 is 1.93. The summed E-state index contributed by atoms with van der Waals surface area (Å²) in [6.45, 7) is 1.28. The molecule has 0 fully saturated rings. The van der Waals surface area contributed by atoms with Gasteiger partial charge in [-0.15, -0.1) is 0 Å². The quantitative estimate of drug-likeness (QED) is 0.360. The van der Waals surface area contributed by atoms with E-state index in [0.717, 1.165) is 13.0 Å². The number of benzene rings is 1. The summed E-state index contributed by atoms with van der Waals surface area (Å²) in [6, 6.07) is 8.85. The molecule has 1 heterocycles. The average Bonchev–Trinajstić information content (AvgIpc) is 2.99. The van der Waals surface area contributed by atoms with Crippen molar-refractivity contribution in [3.63, 3.8) is 0 Å². The highest BCUT2D eigenvalue weighted by Crippen LogP contribution is 2.01. The maximum atomic E-state index is 11.9. The smallest absolute Gasteiger partial charge is 0.273 e. The minimum atomic E-state index is -0.385. The summed E-state index contributed by atoms with van der Waals surface area (Å²) in [6.07, 6.45) is 6.08. The first-order valence-electron chi connectivity index (χ1n) is 6.32. The van der Waals surface area contributed by atoms with Crippen LogP contribution in [0.15, 0.2) is 54.2 Å². The van der Waals surface area contributed by atoms with Gasteiger partial charge in [0.1, 0.15) is 0 Å². The highest BCUT2D eigenvalue weighted by atomic mass is 16.4. The number of aromatic nitrogens is 2. The lowest BCUT2D eigenvalue weighted by molar-refractivity contribution is -0.114. The average molecular weight is 272 g/mol. The van der Waals surface area contributed by atoms with Crippen LogP contribution in [0.25, 0.3) is 0 Å². The molecule has 6 nitrogen and oxygen atoms in total. The van der Waals surface area contributed by atoms with Gasteiger partial charge in [-0.25, -0.2) is 4.98 Å². The van der Waals surface area contributed by atoms with Crippen molar-refractivity contribution in [2.24, 2.45) is 5.16 Å². The van der Waals surface area contributed by atoms with Gasteiger partial charge in [-0.3, -0.25) is 4.79 Å². The number of imidazole rings is 1. The Labute approximate surface area is 116 Å². The van der Waals surface area contributed by atoms with Gasteiger partial charge in [0.15, 0.2) is 5.71 Å². The summed E-state index contributed by atoms with van der Waals surface area (Å²) >= 11 is 0. The largest absolute Gasteiger partial charge is 0.410 e. The molecule has 2 aromatic rings. The molecule has 0 atom stereocenters. The second-order valence-corrected chi connectivity index (χ2v) is 4.22. The number of hydrogen-bond acceptors (Lipinski definition) is 4. The van der Waals surface area contributed by atoms with E-state index in [1.807, 2.05) is 16.8 Å². The van der Waals surface area contributed by atoms with Crippen molar-refractivity contribution in [1.29, 1.82) is 0 Å². The van der Waals surface area contributed by atoms with Crippen LogP contribution in [-0.2, 0) is 11.3 Å². The van der Waals surface area contributed by atoms with Gasteiger partial charge in [-0.1, -0.05) is 35.5 Å². The lowest BCUT2D eigenvalue weighted by Crippen LogP contribution is -2.32. The molecule has 2 rings (SSSR count). The van der Waals surface area contributed by atoms with Crippen molar-refractivity contribution in [2.75, 3.05) is 6.54 Å². The molecule has 2 N–H and O–H groups in total. The van der Waals surface area contributed by atoms with Crippen LogP contribution in [0.1, 0.15) is 12.0 Å². The zero-order valence-electron chi connectivity index (χ0n) is 10.9. The minimum Gasteiger partial charge on any atom is -0.410 e. The molecule has 1 aromatic heterocycles. The van der Waals surface area contributed by atoms with E-state index in [1.165, 1.54) is 0 Å². The monoisotopic (exact) mass is 272 g/mol. The van der Waals surface area contributed by atoms with E-state index >= 15 is 0 Å². The lowest BCUT2D eigenvalue weighted by atomic mass is 10.1. The molecule has 0 unspecified atom stereocenters. The number of hydrogen-bond donors (Lipinski definition) is 2. The molecule has 0 aliphatic rings. The van der Waals surface area contributed by atoms with Crippen LogP contribution in [0, 0.1) is 0 Å². The summed E-state index contributed by atoms with van der Waals surface area (Å²) in [7, 11) is 0. The molecule has 1 amide bonds. The van der Waals surface area contributed by atoms with Crippen LogP contribution in [-0.4, -0.2) is 32.9 Å². The predicted octanol–water partition coefficient (Wildman–Crippen LogP) is 1.27. The molecule has 0 aliphatic carbocycles. The Kier molecular flexibility index (Phi) is 4.88. The van der Waals surface area contributed by atoms with Gasteiger partial charge in [-0.2, -0.15) is 0 Å². The normalized spacial score (nSPS) is 11.3. The predicted molar refractivity (Wildman–Crippen MR) is 74.6 cm³/mol.